The lowest BCUT2D eigenvalue weighted by Gasteiger charge is -2.26. The van der Waals surface area contributed by atoms with Crippen molar-refractivity contribution in [2.24, 2.45) is 17.2 Å². The second kappa shape index (κ2) is 15.1. The van der Waals surface area contributed by atoms with Crippen molar-refractivity contribution < 1.29 is 23.7 Å². The van der Waals surface area contributed by atoms with Crippen molar-refractivity contribution in [2.45, 2.75) is 121 Å². The highest BCUT2D eigenvalue weighted by molar-refractivity contribution is 4.90. The molecule has 0 saturated carbocycles. The van der Waals surface area contributed by atoms with E-state index in [1.807, 2.05) is 0 Å². The first kappa shape index (κ1) is 27.3. The Balaban J connectivity index is 2.51. The second-order valence-electron chi connectivity index (χ2n) is 8.42. The van der Waals surface area contributed by atoms with Crippen LogP contribution >= 0.6 is 0 Å². The molecular formula is C22H44FN3O4. The highest BCUT2D eigenvalue weighted by Crippen LogP contribution is 2.27. The highest BCUT2D eigenvalue weighted by Gasteiger charge is 2.38. The van der Waals surface area contributed by atoms with Gasteiger partial charge in [0, 0.05) is 31.5 Å². The van der Waals surface area contributed by atoms with Gasteiger partial charge in [-0.2, -0.15) is 4.94 Å². The first-order valence-corrected chi connectivity index (χ1v) is 11.5. The Kier molecular flexibility index (Phi) is 13.7. The summed E-state index contributed by atoms with van der Waals surface area (Å²) in [5, 5.41) is 0. The van der Waals surface area contributed by atoms with Gasteiger partial charge in [-0.25, -0.2) is 0 Å². The molecular weight excluding hydrogens is 389 g/mol. The topological polar surface area (TPSA) is 115 Å². The standard InChI is InChI=1S/C22H44FN3O4/c1-5-8-18(11-16(25)7-3)27-15(4)10-17(26)12-19(9-6-2)28-22-13-20(30-23)21(14-24)29-22/h16-22H,4-14,24-26H2,1-3H3/t16?,17?,18?,19?,20?,21-,22?/m0/s1. The maximum Gasteiger partial charge on any atom is 0.161 e. The van der Waals surface area contributed by atoms with Gasteiger partial charge in [-0.1, -0.05) is 40.2 Å². The summed E-state index contributed by atoms with van der Waals surface area (Å²) >= 11 is 0. The molecule has 0 aromatic rings. The van der Waals surface area contributed by atoms with Crippen molar-refractivity contribution in [2.75, 3.05) is 6.54 Å². The molecule has 1 saturated heterocycles. The Morgan fingerprint density at radius 2 is 1.73 bits per heavy atom. The lowest BCUT2D eigenvalue weighted by molar-refractivity contribution is -0.195. The molecule has 0 radical (unpaired) electrons. The Bertz CT molecular complexity index is 460. The number of ether oxygens (including phenoxy) is 3. The van der Waals surface area contributed by atoms with Crippen molar-refractivity contribution in [3.05, 3.63) is 12.3 Å². The van der Waals surface area contributed by atoms with E-state index in [1.54, 1.807) is 0 Å². The Morgan fingerprint density at radius 3 is 2.27 bits per heavy atom. The molecule has 1 rings (SSSR count). The molecule has 0 amide bonds. The summed E-state index contributed by atoms with van der Waals surface area (Å²) in [7, 11) is 0. The van der Waals surface area contributed by atoms with Crippen LogP contribution in [0.25, 0.3) is 0 Å². The van der Waals surface area contributed by atoms with E-state index in [0.717, 1.165) is 38.5 Å². The van der Waals surface area contributed by atoms with Gasteiger partial charge in [0.25, 0.3) is 0 Å². The van der Waals surface area contributed by atoms with Crippen LogP contribution in [0.5, 0.6) is 0 Å². The van der Waals surface area contributed by atoms with Crippen LogP contribution in [0.3, 0.4) is 0 Å². The third-order valence-electron chi connectivity index (χ3n) is 5.56. The number of halogens is 1. The van der Waals surface area contributed by atoms with Crippen LogP contribution in [0.4, 0.5) is 4.53 Å². The fourth-order valence-electron chi connectivity index (χ4n) is 3.89. The first-order valence-electron chi connectivity index (χ1n) is 11.5. The summed E-state index contributed by atoms with van der Waals surface area (Å²) in [4.78, 5) is 3.97. The van der Waals surface area contributed by atoms with E-state index in [2.05, 4.69) is 32.3 Å². The van der Waals surface area contributed by atoms with Crippen LogP contribution in [0, 0.1) is 0 Å². The van der Waals surface area contributed by atoms with Crippen LogP contribution in [0.15, 0.2) is 12.3 Å². The summed E-state index contributed by atoms with van der Waals surface area (Å²) in [5.74, 6) is 0.686. The zero-order valence-electron chi connectivity index (χ0n) is 19.1. The van der Waals surface area contributed by atoms with E-state index < -0.39 is 18.5 Å². The zero-order valence-corrected chi connectivity index (χ0v) is 19.1. The van der Waals surface area contributed by atoms with Crippen LogP contribution < -0.4 is 17.2 Å². The molecule has 7 nitrogen and oxygen atoms in total. The number of rotatable bonds is 17. The molecule has 178 valence electrons. The third-order valence-corrected chi connectivity index (χ3v) is 5.56. The van der Waals surface area contributed by atoms with Gasteiger partial charge in [-0.3, -0.25) is 0 Å². The van der Waals surface area contributed by atoms with Crippen molar-refractivity contribution in [3.8, 4) is 0 Å². The molecule has 8 heteroatoms. The summed E-state index contributed by atoms with van der Waals surface area (Å²) in [6.45, 7) is 10.6. The van der Waals surface area contributed by atoms with E-state index >= 15 is 0 Å². The van der Waals surface area contributed by atoms with Gasteiger partial charge in [-0.05, 0) is 36.6 Å². The summed E-state index contributed by atoms with van der Waals surface area (Å²) in [6.07, 6.45) is 5.27. The molecule has 0 aromatic carbocycles. The number of hydrogen-bond donors (Lipinski definition) is 3. The van der Waals surface area contributed by atoms with E-state index in [-0.39, 0.29) is 30.8 Å². The minimum absolute atomic E-state index is 0.0741. The van der Waals surface area contributed by atoms with Crippen LogP contribution in [0.2, 0.25) is 0 Å². The Labute approximate surface area is 181 Å². The Morgan fingerprint density at radius 1 is 1.10 bits per heavy atom. The number of nitrogens with two attached hydrogens (primary N) is 3. The highest BCUT2D eigenvalue weighted by atomic mass is 19.3. The molecule has 7 atom stereocenters. The number of hydrogen-bond acceptors (Lipinski definition) is 7. The predicted molar refractivity (Wildman–Crippen MR) is 117 cm³/mol. The molecule has 0 bridgehead atoms. The summed E-state index contributed by atoms with van der Waals surface area (Å²) in [5.41, 5.74) is 18.1. The largest absolute Gasteiger partial charge is 0.495 e. The second-order valence-corrected chi connectivity index (χ2v) is 8.42. The van der Waals surface area contributed by atoms with Gasteiger partial charge in [-0.15, -0.1) is 0 Å². The van der Waals surface area contributed by atoms with E-state index in [0.29, 0.717) is 25.0 Å². The maximum atomic E-state index is 12.7. The van der Waals surface area contributed by atoms with E-state index in [4.69, 9.17) is 31.4 Å². The lowest BCUT2D eigenvalue weighted by Crippen LogP contribution is -2.32. The molecule has 0 aliphatic carbocycles. The molecule has 6 unspecified atom stereocenters. The smallest absolute Gasteiger partial charge is 0.161 e. The first-order chi connectivity index (χ1) is 14.4. The molecule has 1 heterocycles. The van der Waals surface area contributed by atoms with Gasteiger partial charge in [0.1, 0.15) is 12.2 Å². The molecule has 1 fully saturated rings. The van der Waals surface area contributed by atoms with Crippen molar-refractivity contribution in [1.82, 2.24) is 0 Å². The zero-order chi connectivity index (χ0) is 22.5. The predicted octanol–water partition coefficient (Wildman–Crippen LogP) is 3.45. The molecule has 0 aromatic heterocycles. The average molecular weight is 434 g/mol. The van der Waals surface area contributed by atoms with Gasteiger partial charge >= 0.3 is 0 Å². The van der Waals surface area contributed by atoms with Crippen LogP contribution in [-0.4, -0.2) is 49.3 Å². The Hall–Kier alpha value is -0.770. The summed E-state index contributed by atoms with van der Waals surface area (Å²) in [6, 6.07) is -0.0256. The van der Waals surface area contributed by atoms with Gasteiger partial charge in [0.2, 0.25) is 0 Å². The van der Waals surface area contributed by atoms with Crippen LogP contribution in [0.1, 0.15) is 78.6 Å². The third kappa shape index (κ3) is 10.0. The SMILES string of the molecule is C=C(CC(N)CC(CCC)OC1CC(OF)[C@H](CN)O1)OC(CCC)CC(N)CC. The van der Waals surface area contributed by atoms with E-state index in [9.17, 15) is 4.53 Å². The van der Waals surface area contributed by atoms with Gasteiger partial charge in [0.05, 0.1) is 18.0 Å². The molecule has 1 aliphatic heterocycles. The van der Waals surface area contributed by atoms with Crippen molar-refractivity contribution >= 4 is 0 Å². The molecule has 30 heavy (non-hydrogen) atoms. The fraction of sp³-hybridized carbons (Fsp3) is 0.909. The molecule has 1 aliphatic rings. The minimum atomic E-state index is -0.686. The summed E-state index contributed by atoms with van der Waals surface area (Å²) < 4.78 is 30.5. The quantitative estimate of drug-likeness (QED) is 0.301. The van der Waals surface area contributed by atoms with Crippen molar-refractivity contribution in [1.29, 1.82) is 0 Å². The van der Waals surface area contributed by atoms with E-state index in [1.165, 1.54) is 0 Å². The monoisotopic (exact) mass is 433 g/mol. The van der Waals surface area contributed by atoms with Gasteiger partial charge in [0.15, 0.2) is 6.29 Å². The maximum absolute atomic E-state index is 12.7. The molecule has 6 N–H and O–H groups in total. The normalized spacial score (nSPS) is 25.6. The van der Waals surface area contributed by atoms with Crippen LogP contribution in [-0.2, 0) is 19.2 Å². The van der Waals surface area contributed by atoms with Crippen molar-refractivity contribution in [3.63, 3.8) is 0 Å². The lowest BCUT2D eigenvalue weighted by atomic mass is 10.0. The average Bonchev–Trinajstić information content (AvgIpc) is 3.09. The minimum Gasteiger partial charge on any atom is -0.495 e. The fourth-order valence-corrected chi connectivity index (χ4v) is 3.89. The molecule has 0 spiro atoms. The van der Waals surface area contributed by atoms with Gasteiger partial charge < -0.3 is 31.4 Å².